The molecule has 0 amide bonds. The molecule has 6 heteroatoms. The lowest BCUT2D eigenvalue weighted by atomic mass is 10.2. The van der Waals surface area contributed by atoms with Gasteiger partial charge in [0.05, 0.1) is 24.6 Å². The normalized spacial score (nSPS) is 11.7. The van der Waals surface area contributed by atoms with Gasteiger partial charge in [0.1, 0.15) is 17.5 Å². The Labute approximate surface area is 131 Å². The first kappa shape index (κ1) is 12.3. The lowest BCUT2D eigenvalue weighted by Gasteiger charge is -2.04. The Morgan fingerprint density at radius 3 is 2.96 bits per heavy atom. The van der Waals surface area contributed by atoms with E-state index >= 15 is 0 Å². The Balaban J connectivity index is 1.83. The summed E-state index contributed by atoms with van der Waals surface area (Å²) in [6.45, 7) is 0. The largest absolute Gasteiger partial charge is 0.460 e. The van der Waals surface area contributed by atoms with Crippen LogP contribution in [0.25, 0.3) is 33.4 Å². The molecule has 0 spiro atoms. The van der Waals surface area contributed by atoms with E-state index in [9.17, 15) is 0 Å². The zero-order valence-corrected chi connectivity index (χ0v) is 12.4. The van der Waals surface area contributed by atoms with Gasteiger partial charge in [-0.25, -0.2) is 4.98 Å². The molecule has 5 aromatic rings. The zero-order valence-electron chi connectivity index (χ0n) is 12.4. The molecular weight excluding hydrogens is 290 g/mol. The van der Waals surface area contributed by atoms with E-state index in [-0.39, 0.29) is 0 Å². The third-order valence-corrected chi connectivity index (χ3v) is 4.06. The highest BCUT2D eigenvalue weighted by molar-refractivity contribution is 6.09. The van der Waals surface area contributed by atoms with Gasteiger partial charge in [-0.3, -0.25) is 0 Å². The Bertz CT molecular complexity index is 1130. The summed E-state index contributed by atoms with van der Waals surface area (Å²) in [5.41, 5.74) is 4.81. The number of fused-ring (bicyclic) bond motifs is 3. The van der Waals surface area contributed by atoms with Gasteiger partial charge in [-0.2, -0.15) is 0 Å². The second-order valence-electron chi connectivity index (χ2n) is 5.50. The van der Waals surface area contributed by atoms with Crippen LogP contribution >= 0.6 is 0 Å². The molecule has 0 radical (unpaired) electrons. The zero-order chi connectivity index (χ0) is 15.4. The lowest BCUT2D eigenvalue weighted by Crippen LogP contribution is -2.24. The molecule has 5 rings (SSSR count). The van der Waals surface area contributed by atoms with E-state index in [0.29, 0.717) is 0 Å². The number of imidazole rings is 2. The summed E-state index contributed by atoms with van der Waals surface area (Å²) in [4.78, 5) is 7.60. The van der Waals surface area contributed by atoms with Gasteiger partial charge in [0.15, 0.2) is 5.58 Å². The maximum atomic E-state index is 5.82. The molecule has 0 aliphatic carbocycles. The molecule has 0 atom stereocenters. The minimum absolute atomic E-state index is 0.849. The highest BCUT2D eigenvalue weighted by atomic mass is 16.3. The molecular formula is C17H13N5O. The van der Waals surface area contributed by atoms with Crippen molar-refractivity contribution in [2.75, 3.05) is 0 Å². The molecule has 0 aliphatic rings. The van der Waals surface area contributed by atoms with Gasteiger partial charge in [0.2, 0.25) is 6.33 Å². The first-order valence-corrected chi connectivity index (χ1v) is 7.28. The van der Waals surface area contributed by atoms with Crippen LogP contribution < -0.4 is 4.57 Å². The van der Waals surface area contributed by atoms with Crippen LogP contribution in [-0.2, 0) is 7.05 Å². The first-order chi connectivity index (χ1) is 11.3. The van der Waals surface area contributed by atoms with E-state index in [2.05, 4.69) is 28.4 Å². The molecule has 0 saturated heterocycles. The molecule has 23 heavy (non-hydrogen) atoms. The van der Waals surface area contributed by atoms with Gasteiger partial charge in [0, 0.05) is 30.2 Å². The van der Waals surface area contributed by atoms with Crippen LogP contribution in [0.15, 0.2) is 60.0 Å². The second kappa shape index (κ2) is 4.36. The maximum absolute atomic E-state index is 5.82. The van der Waals surface area contributed by atoms with E-state index in [4.69, 9.17) is 4.42 Å². The van der Waals surface area contributed by atoms with Crippen molar-refractivity contribution in [3.8, 4) is 11.4 Å². The average Bonchev–Trinajstić information content (AvgIpc) is 3.30. The van der Waals surface area contributed by atoms with Crippen molar-refractivity contribution in [3.05, 3.63) is 61.9 Å². The number of furan rings is 1. The van der Waals surface area contributed by atoms with Crippen molar-refractivity contribution < 1.29 is 8.98 Å². The molecule has 6 nitrogen and oxygen atoms in total. The van der Waals surface area contributed by atoms with Gasteiger partial charge in [-0.05, 0) is 0 Å². The van der Waals surface area contributed by atoms with Gasteiger partial charge in [0.25, 0.3) is 0 Å². The number of para-hydroxylation sites is 1. The van der Waals surface area contributed by atoms with E-state index in [0.717, 1.165) is 33.4 Å². The standard InChI is InChI=1S/C17H13N5O/c1-20-7-8-22(11-20)13-4-2-3-12-15(13)19-16-14(9-23-17(12)16)21-6-5-18-10-21/h2-10,19H,1H3. The predicted molar refractivity (Wildman–Crippen MR) is 84.5 cm³/mol. The highest BCUT2D eigenvalue weighted by Gasteiger charge is 2.15. The van der Waals surface area contributed by atoms with E-state index in [1.165, 1.54) is 0 Å². The summed E-state index contributed by atoms with van der Waals surface area (Å²) >= 11 is 0. The van der Waals surface area contributed by atoms with Gasteiger partial charge in [-0.15, -0.1) is 0 Å². The fraction of sp³-hybridized carbons (Fsp3) is 0.0588. The number of rotatable bonds is 2. The first-order valence-electron chi connectivity index (χ1n) is 7.28. The number of H-pyrrole nitrogens is 1. The van der Waals surface area contributed by atoms with Crippen molar-refractivity contribution in [2.45, 2.75) is 0 Å². The Morgan fingerprint density at radius 2 is 2.17 bits per heavy atom. The lowest BCUT2D eigenvalue weighted by molar-refractivity contribution is -0.674. The summed E-state index contributed by atoms with van der Waals surface area (Å²) in [6, 6.07) is 6.14. The van der Waals surface area contributed by atoms with Crippen LogP contribution in [0.1, 0.15) is 0 Å². The highest BCUT2D eigenvalue weighted by Crippen LogP contribution is 2.33. The van der Waals surface area contributed by atoms with Crippen LogP contribution in [0.4, 0.5) is 0 Å². The van der Waals surface area contributed by atoms with Crippen LogP contribution in [-0.4, -0.2) is 19.1 Å². The number of nitrogens with zero attached hydrogens (tertiary/aromatic N) is 4. The quantitative estimate of drug-likeness (QED) is 0.402. The predicted octanol–water partition coefficient (Wildman–Crippen LogP) is 2.52. The van der Waals surface area contributed by atoms with Crippen LogP contribution in [0, 0.1) is 6.33 Å². The van der Waals surface area contributed by atoms with E-state index in [1.54, 1.807) is 18.8 Å². The van der Waals surface area contributed by atoms with E-state index in [1.807, 2.05) is 45.4 Å². The Hall–Kier alpha value is -3.28. The molecule has 0 aliphatic heterocycles. The van der Waals surface area contributed by atoms with Crippen molar-refractivity contribution in [3.63, 3.8) is 0 Å². The summed E-state index contributed by atoms with van der Waals surface area (Å²) in [6.07, 6.45) is 14.3. The van der Waals surface area contributed by atoms with Crippen molar-refractivity contribution in [1.82, 2.24) is 19.1 Å². The monoisotopic (exact) mass is 303 g/mol. The minimum Gasteiger partial charge on any atom is -0.460 e. The third-order valence-electron chi connectivity index (χ3n) is 4.06. The number of nitrogens with one attached hydrogen (secondary N) is 1. The number of aromatic nitrogens is 5. The fourth-order valence-corrected chi connectivity index (χ4v) is 2.98. The topological polar surface area (TPSA) is 55.6 Å². The minimum atomic E-state index is 0.849. The smallest absolute Gasteiger partial charge is 0.243 e. The number of aromatic amines is 1. The molecule has 0 fully saturated rings. The third kappa shape index (κ3) is 1.69. The van der Waals surface area contributed by atoms with Gasteiger partial charge < -0.3 is 23.1 Å². The number of benzene rings is 1. The molecule has 4 aromatic heterocycles. The molecule has 0 saturated carbocycles. The SMILES string of the molecule is C[n+]1[c-]n(-c2cccc3c2[nH]c2c(-n4ccnc4)coc23)cc1. The van der Waals surface area contributed by atoms with Crippen molar-refractivity contribution in [1.29, 1.82) is 0 Å². The molecule has 112 valence electrons. The summed E-state index contributed by atoms with van der Waals surface area (Å²) in [7, 11) is 1.95. The summed E-state index contributed by atoms with van der Waals surface area (Å²) < 4.78 is 11.6. The van der Waals surface area contributed by atoms with Gasteiger partial charge >= 0.3 is 0 Å². The van der Waals surface area contributed by atoms with Crippen LogP contribution in [0.3, 0.4) is 0 Å². The average molecular weight is 303 g/mol. The molecule has 4 heterocycles. The number of hydrogen-bond donors (Lipinski definition) is 1. The van der Waals surface area contributed by atoms with Crippen LogP contribution in [0.2, 0.25) is 0 Å². The molecule has 0 unspecified atom stereocenters. The van der Waals surface area contributed by atoms with E-state index < -0.39 is 0 Å². The maximum Gasteiger partial charge on any atom is 0.243 e. The number of aryl methyl sites for hydroxylation is 1. The summed E-state index contributed by atoms with van der Waals surface area (Å²) in [5, 5.41) is 1.05. The van der Waals surface area contributed by atoms with Gasteiger partial charge in [-0.1, -0.05) is 18.2 Å². The van der Waals surface area contributed by atoms with Crippen LogP contribution in [0.5, 0.6) is 0 Å². The number of hydrogen-bond acceptors (Lipinski definition) is 2. The molecule has 0 bridgehead atoms. The summed E-state index contributed by atoms with van der Waals surface area (Å²) in [5.74, 6) is 0. The Morgan fingerprint density at radius 1 is 1.22 bits per heavy atom. The van der Waals surface area contributed by atoms with Crippen molar-refractivity contribution in [2.24, 2.45) is 7.05 Å². The molecule has 1 aromatic carbocycles. The second-order valence-corrected chi connectivity index (χ2v) is 5.50. The van der Waals surface area contributed by atoms with Crippen molar-refractivity contribution >= 4 is 22.0 Å². The molecule has 1 N–H and O–H groups in total. The Kier molecular flexibility index (Phi) is 2.33. The fourth-order valence-electron chi connectivity index (χ4n) is 2.98.